The Kier molecular flexibility index (Phi) is 6.59. The molecule has 1 N–H and O–H groups in total. The second kappa shape index (κ2) is 9.32. The van der Waals surface area contributed by atoms with E-state index in [-0.39, 0.29) is 17.7 Å². The highest BCUT2D eigenvalue weighted by molar-refractivity contribution is 5.92. The van der Waals surface area contributed by atoms with Crippen LogP contribution < -0.4 is 10.1 Å². The second-order valence-corrected chi connectivity index (χ2v) is 6.99. The van der Waals surface area contributed by atoms with Gasteiger partial charge in [-0.3, -0.25) is 4.79 Å². The van der Waals surface area contributed by atoms with Gasteiger partial charge in [-0.25, -0.2) is 4.98 Å². The van der Waals surface area contributed by atoms with Crippen molar-refractivity contribution in [3.63, 3.8) is 0 Å². The molecule has 5 nitrogen and oxygen atoms in total. The molecule has 3 aromatic rings. The van der Waals surface area contributed by atoms with Crippen LogP contribution in [0.2, 0.25) is 0 Å². The Labute approximate surface area is 167 Å². The molecule has 0 radical (unpaired) electrons. The Hall–Kier alpha value is -3.22. The van der Waals surface area contributed by atoms with Crippen LogP contribution in [0.1, 0.15) is 37.8 Å². The molecule has 0 spiro atoms. The number of fused-ring (bicyclic) bond motifs is 1. The van der Waals surface area contributed by atoms with E-state index in [1.807, 2.05) is 24.3 Å². The first-order valence-electron chi connectivity index (χ1n) is 9.29. The third kappa shape index (κ3) is 5.88. The van der Waals surface area contributed by atoms with Crippen molar-refractivity contribution in [1.29, 1.82) is 0 Å². The summed E-state index contributed by atoms with van der Waals surface area (Å²) in [5.41, 5.74) is 2.10. The smallest absolute Gasteiger partial charge is 0.387 e. The van der Waals surface area contributed by atoms with Crippen LogP contribution in [0.4, 0.5) is 8.78 Å². The lowest BCUT2D eigenvalue weighted by Crippen LogP contribution is -2.28. The zero-order valence-electron chi connectivity index (χ0n) is 16.1. The van der Waals surface area contributed by atoms with Crippen LogP contribution in [0.5, 0.6) is 5.75 Å². The summed E-state index contributed by atoms with van der Waals surface area (Å²) >= 11 is 0. The predicted molar refractivity (Wildman–Crippen MR) is 106 cm³/mol. The topological polar surface area (TPSA) is 64.4 Å². The van der Waals surface area contributed by atoms with Gasteiger partial charge in [-0.05, 0) is 48.2 Å². The molecule has 0 aliphatic rings. The van der Waals surface area contributed by atoms with Gasteiger partial charge in [-0.1, -0.05) is 38.1 Å². The summed E-state index contributed by atoms with van der Waals surface area (Å²) in [5, 5.41) is 2.93. The zero-order chi connectivity index (χ0) is 20.8. The Morgan fingerprint density at radius 1 is 1.17 bits per heavy atom. The van der Waals surface area contributed by atoms with Crippen molar-refractivity contribution in [3.05, 3.63) is 66.1 Å². The molecule has 0 aliphatic carbocycles. The van der Waals surface area contributed by atoms with E-state index in [1.165, 1.54) is 18.2 Å². The number of halogens is 2. The zero-order valence-corrected chi connectivity index (χ0v) is 16.1. The molecule has 1 aromatic heterocycles. The number of hydrogen-bond donors (Lipinski definition) is 1. The van der Waals surface area contributed by atoms with Crippen molar-refractivity contribution >= 4 is 23.1 Å². The maximum absolute atomic E-state index is 12.4. The molecule has 1 atom stereocenters. The summed E-state index contributed by atoms with van der Waals surface area (Å²) in [5.74, 6) is 0.553. The van der Waals surface area contributed by atoms with E-state index < -0.39 is 6.61 Å². The summed E-state index contributed by atoms with van der Waals surface area (Å²) in [6.07, 6.45) is 3.66. The van der Waals surface area contributed by atoms with Crippen molar-refractivity contribution in [2.75, 3.05) is 0 Å². The van der Waals surface area contributed by atoms with Crippen LogP contribution in [0.15, 0.2) is 59.0 Å². The monoisotopic (exact) mass is 400 g/mol. The average Bonchev–Trinajstić information content (AvgIpc) is 3.10. The molecule has 1 amide bonds. The van der Waals surface area contributed by atoms with Gasteiger partial charge in [0.15, 0.2) is 5.58 Å². The lowest BCUT2D eigenvalue weighted by Gasteiger charge is -2.16. The summed E-state index contributed by atoms with van der Waals surface area (Å²) in [4.78, 5) is 16.9. The molecule has 3 rings (SSSR count). The maximum Gasteiger partial charge on any atom is 0.387 e. The number of para-hydroxylation sites is 2. The molecule has 0 unspecified atom stereocenters. The number of nitrogens with zero attached hydrogens (tertiary/aromatic N) is 1. The number of nitrogens with one attached hydrogen (secondary N) is 1. The maximum atomic E-state index is 12.4. The van der Waals surface area contributed by atoms with Gasteiger partial charge in [0.25, 0.3) is 0 Å². The van der Waals surface area contributed by atoms with Gasteiger partial charge in [-0.15, -0.1) is 0 Å². The summed E-state index contributed by atoms with van der Waals surface area (Å²) in [7, 11) is 0. The van der Waals surface area contributed by atoms with Gasteiger partial charge in [0.2, 0.25) is 11.8 Å². The highest BCUT2D eigenvalue weighted by Crippen LogP contribution is 2.25. The minimum atomic E-state index is -2.87. The molecular formula is C22H22F2N2O3. The standard InChI is InChI=1S/C22H22F2N2O3/c1-14(2)13-18(21-26-17-5-3-4-6-19(17)29-21)25-20(27)12-9-15-7-10-16(11-8-15)28-22(23)24/h3-12,14,18,22H,13H2,1-2H3,(H,25,27)/b12-9+/t18-/m1/s1. The number of carbonyl (C=O) groups excluding carboxylic acids is 1. The number of ether oxygens (including phenoxy) is 1. The number of alkyl halides is 2. The van der Waals surface area contributed by atoms with Gasteiger partial charge >= 0.3 is 6.61 Å². The molecule has 0 bridgehead atoms. The number of hydrogen-bond acceptors (Lipinski definition) is 4. The third-order valence-electron chi connectivity index (χ3n) is 4.16. The first-order valence-corrected chi connectivity index (χ1v) is 9.29. The Bertz CT molecular complexity index is 948. The van der Waals surface area contributed by atoms with Crippen LogP contribution in [-0.4, -0.2) is 17.5 Å². The average molecular weight is 400 g/mol. The Morgan fingerprint density at radius 3 is 2.55 bits per heavy atom. The van der Waals surface area contributed by atoms with Crippen LogP contribution in [0, 0.1) is 5.92 Å². The van der Waals surface area contributed by atoms with E-state index in [1.54, 1.807) is 18.2 Å². The highest BCUT2D eigenvalue weighted by atomic mass is 19.3. The van der Waals surface area contributed by atoms with E-state index in [2.05, 4.69) is 28.9 Å². The fourth-order valence-corrected chi connectivity index (χ4v) is 2.88. The minimum absolute atomic E-state index is 0.0644. The van der Waals surface area contributed by atoms with Gasteiger partial charge in [0.05, 0.1) is 0 Å². The Balaban J connectivity index is 1.68. The number of carbonyl (C=O) groups is 1. The molecule has 0 fully saturated rings. The SMILES string of the molecule is CC(C)C[C@@H](NC(=O)/C=C/c1ccc(OC(F)F)cc1)c1nc2ccccc2o1. The first-order chi connectivity index (χ1) is 13.9. The molecule has 0 saturated heterocycles. The van der Waals surface area contributed by atoms with Crippen molar-refractivity contribution in [1.82, 2.24) is 10.3 Å². The number of benzene rings is 2. The normalized spacial score (nSPS) is 12.8. The van der Waals surface area contributed by atoms with Crippen LogP contribution in [0.25, 0.3) is 17.2 Å². The van der Waals surface area contributed by atoms with E-state index in [0.29, 0.717) is 29.4 Å². The van der Waals surface area contributed by atoms with Crippen LogP contribution >= 0.6 is 0 Å². The van der Waals surface area contributed by atoms with Crippen molar-refractivity contribution in [3.8, 4) is 5.75 Å². The summed E-state index contributed by atoms with van der Waals surface area (Å²) in [6.45, 7) is 1.24. The summed E-state index contributed by atoms with van der Waals surface area (Å²) < 4.78 is 34.5. The predicted octanol–water partition coefficient (Wildman–Crippen LogP) is 5.35. The quantitative estimate of drug-likeness (QED) is 0.518. The van der Waals surface area contributed by atoms with Crippen molar-refractivity contribution < 1.29 is 22.7 Å². The molecule has 2 aromatic carbocycles. The largest absolute Gasteiger partial charge is 0.438 e. The molecular weight excluding hydrogens is 378 g/mol. The molecule has 0 saturated carbocycles. The van der Waals surface area contributed by atoms with E-state index in [0.717, 1.165) is 5.52 Å². The molecule has 0 aliphatic heterocycles. The Morgan fingerprint density at radius 2 is 1.90 bits per heavy atom. The van der Waals surface area contributed by atoms with Crippen LogP contribution in [0.3, 0.4) is 0 Å². The van der Waals surface area contributed by atoms with Gasteiger partial charge in [0.1, 0.15) is 17.3 Å². The molecule has 152 valence electrons. The third-order valence-corrected chi connectivity index (χ3v) is 4.16. The first kappa shape index (κ1) is 20.5. The highest BCUT2D eigenvalue weighted by Gasteiger charge is 2.21. The number of amides is 1. The number of oxazole rings is 1. The van der Waals surface area contributed by atoms with E-state index >= 15 is 0 Å². The van der Waals surface area contributed by atoms with Crippen molar-refractivity contribution in [2.45, 2.75) is 32.9 Å². The molecule has 7 heteroatoms. The van der Waals surface area contributed by atoms with Crippen LogP contribution in [-0.2, 0) is 4.79 Å². The lowest BCUT2D eigenvalue weighted by molar-refractivity contribution is -0.117. The lowest BCUT2D eigenvalue weighted by atomic mass is 10.0. The van der Waals surface area contributed by atoms with Gasteiger partial charge in [0, 0.05) is 6.08 Å². The van der Waals surface area contributed by atoms with E-state index in [4.69, 9.17) is 4.42 Å². The van der Waals surface area contributed by atoms with E-state index in [9.17, 15) is 13.6 Å². The van der Waals surface area contributed by atoms with Gasteiger partial charge in [-0.2, -0.15) is 8.78 Å². The fourth-order valence-electron chi connectivity index (χ4n) is 2.88. The second-order valence-electron chi connectivity index (χ2n) is 6.99. The molecule has 29 heavy (non-hydrogen) atoms. The van der Waals surface area contributed by atoms with Gasteiger partial charge < -0.3 is 14.5 Å². The number of aromatic nitrogens is 1. The number of rotatable bonds is 8. The summed E-state index contributed by atoms with van der Waals surface area (Å²) in [6, 6.07) is 13.1. The van der Waals surface area contributed by atoms with Crippen molar-refractivity contribution in [2.24, 2.45) is 5.92 Å². The minimum Gasteiger partial charge on any atom is -0.438 e. The fraction of sp³-hybridized carbons (Fsp3) is 0.273. The molecule has 1 heterocycles.